The van der Waals surface area contributed by atoms with E-state index in [1.807, 2.05) is 0 Å². The second-order valence-corrected chi connectivity index (χ2v) is 3.98. The fourth-order valence-electron chi connectivity index (χ4n) is 1.77. The third-order valence-corrected chi connectivity index (χ3v) is 2.64. The molecule has 2 rings (SSSR count). The van der Waals surface area contributed by atoms with Crippen molar-refractivity contribution in [3.05, 3.63) is 23.9 Å². The Balaban J connectivity index is 2.12. The van der Waals surface area contributed by atoms with Gasteiger partial charge in [0.15, 0.2) is 0 Å². The highest BCUT2D eigenvalue weighted by Crippen LogP contribution is 2.17. The van der Waals surface area contributed by atoms with Gasteiger partial charge < -0.3 is 15.2 Å². The Morgan fingerprint density at radius 2 is 2.28 bits per heavy atom. The van der Waals surface area contributed by atoms with Gasteiger partial charge in [-0.25, -0.2) is 9.78 Å². The Bertz CT molecular complexity index is 484. The molecule has 0 radical (unpaired) electrons. The van der Waals surface area contributed by atoms with Crippen molar-refractivity contribution < 1.29 is 14.6 Å². The van der Waals surface area contributed by atoms with Gasteiger partial charge in [0.2, 0.25) is 5.88 Å². The highest BCUT2D eigenvalue weighted by Gasteiger charge is 2.16. The highest BCUT2D eigenvalue weighted by atomic mass is 16.5. The summed E-state index contributed by atoms with van der Waals surface area (Å²) in [6.45, 7) is 1.85. The number of piperidine rings is 1. The van der Waals surface area contributed by atoms with E-state index in [1.165, 1.54) is 0 Å². The lowest BCUT2D eigenvalue weighted by atomic mass is 10.1. The van der Waals surface area contributed by atoms with Gasteiger partial charge in [-0.05, 0) is 44.0 Å². The maximum absolute atomic E-state index is 10.4. The first-order valence-electron chi connectivity index (χ1n) is 5.83. The van der Waals surface area contributed by atoms with Gasteiger partial charge in [-0.2, -0.15) is 0 Å². The van der Waals surface area contributed by atoms with Crippen LogP contribution in [0.4, 0.5) is 0 Å². The van der Waals surface area contributed by atoms with Crippen LogP contribution in [0.1, 0.15) is 18.4 Å². The van der Waals surface area contributed by atoms with E-state index in [-0.39, 0.29) is 6.10 Å². The molecular formula is C13H14N2O3. The Morgan fingerprint density at radius 3 is 3.00 bits per heavy atom. The van der Waals surface area contributed by atoms with Crippen molar-refractivity contribution in [2.75, 3.05) is 13.1 Å². The minimum Gasteiger partial charge on any atom is -0.473 e. The van der Waals surface area contributed by atoms with E-state index in [9.17, 15) is 4.79 Å². The van der Waals surface area contributed by atoms with E-state index in [4.69, 9.17) is 9.84 Å². The summed E-state index contributed by atoms with van der Waals surface area (Å²) in [5, 5.41) is 11.8. The average Bonchev–Trinajstić information content (AvgIpc) is 2.39. The number of nitrogens with zero attached hydrogens (tertiary/aromatic N) is 1. The zero-order chi connectivity index (χ0) is 12.8. The molecule has 2 N–H and O–H groups in total. The average molecular weight is 246 g/mol. The molecule has 0 saturated carbocycles. The molecule has 1 fully saturated rings. The zero-order valence-electron chi connectivity index (χ0n) is 9.85. The third-order valence-electron chi connectivity index (χ3n) is 2.64. The molecule has 1 aromatic heterocycles. The normalized spacial score (nSPS) is 15.6. The molecule has 1 aliphatic rings. The number of carboxylic acids is 1. The molecule has 18 heavy (non-hydrogen) atoms. The second-order valence-electron chi connectivity index (χ2n) is 3.98. The van der Waals surface area contributed by atoms with Crippen molar-refractivity contribution >= 4 is 5.97 Å². The molecule has 0 amide bonds. The lowest BCUT2D eigenvalue weighted by Crippen LogP contribution is -2.34. The van der Waals surface area contributed by atoms with Crippen LogP contribution in [0, 0.1) is 11.8 Å². The fraction of sp³-hybridized carbons (Fsp3) is 0.385. The molecule has 5 nitrogen and oxygen atoms in total. The summed E-state index contributed by atoms with van der Waals surface area (Å²) in [7, 11) is 0. The maximum atomic E-state index is 10.4. The fourth-order valence-corrected chi connectivity index (χ4v) is 1.77. The van der Waals surface area contributed by atoms with E-state index in [0.717, 1.165) is 25.9 Å². The number of rotatable bonds is 2. The number of hydrogen-bond acceptors (Lipinski definition) is 4. The zero-order valence-corrected chi connectivity index (χ0v) is 9.85. The number of hydrogen-bond donors (Lipinski definition) is 2. The summed E-state index contributed by atoms with van der Waals surface area (Å²) < 4.78 is 5.77. The molecule has 1 saturated heterocycles. The Kier molecular flexibility index (Phi) is 4.15. The monoisotopic (exact) mass is 246 g/mol. The van der Waals surface area contributed by atoms with Crippen molar-refractivity contribution in [3.63, 3.8) is 0 Å². The predicted octanol–water partition coefficient (Wildman–Crippen LogP) is 0.648. The summed E-state index contributed by atoms with van der Waals surface area (Å²) in [4.78, 5) is 14.5. The van der Waals surface area contributed by atoms with Crippen LogP contribution < -0.4 is 10.1 Å². The SMILES string of the molecule is O=C(O)C#Cc1cccnc1OC1CCNCC1. The lowest BCUT2D eigenvalue weighted by molar-refractivity contribution is -0.130. The van der Waals surface area contributed by atoms with Gasteiger partial charge in [0.05, 0.1) is 5.56 Å². The molecule has 0 bridgehead atoms. The minimum absolute atomic E-state index is 0.117. The van der Waals surface area contributed by atoms with E-state index >= 15 is 0 Å². The quantitative estimate of drug-likeness (QED) is 0.750. The van der Waals surface area contributed by atoms with Crippen LogP contribution in [-0.4, -0.2) is 35.3 Å². The number of ether oxygens (including phenoxy) is 1. The van der Waals surface area contributed by atoms with Gasteiger partial charge in [-0.15, -0.1) is 0 Å². The van der Waals surface area contributed by atoms with Crippen molar-refractivity contribution in [2.24, 2.45) is 0 Å². The standard InChI is InChI=1S/C13H14N2O3/c16-12(17)4-3-10-2-1-7-15-13(10)18-11-5-8-14-9-6-11/h1-2,7,11,14H,5-6,8-9H2,(H,16,17). The Morgan fingerprint density at radius 1 is 1.50 bits per heavy atom. The number of carbonyl (C=O) groups is 1. The van der Waals surface area contributed by atoms with Gasteiger partial charge in [-0.1, -0.05) is 0 Å². The molecule has 94 valence electrons. The summed E-state index contributed by atoms with van der Waals surface area (Å²) in [5.74, 6) is 3.88. The number of carboxylic acid groups (broad SMARTS) is 1. The van der Waals surface area contributed by atoms with Gasteiger partial charge in [0.1, 0.15) is 6.10 Å². The molecular weight excluding hydrogens is 232 g/mol. The highest BCUT2D eigenvalue weighted by molar-refractivity contribution is 5.87. The number of aliphatic carboxylic acids is 1. The summed E-state index contributed by atoms with van der Waals surface area (Å²) >= 11 is 0. The van der Waals surface area contributed by atoms with Gasteiger partial charge in [0, 0.05) is 12.1 Å². The van der Waals surface area contributed by atoms with Crippen LogP contribution in [0.25, 0.3) is 0 Å². The topological polar surface area (TPSA) is 71.5 Å². The van der Waals surface area contributed by atoms with Crippen molar-refractivity contribution in [2.45, 2.75) is 18.9 Å². The number of nitrogens with one attached hydrogen (secondary N) is 1. The molecule has 1 aliphatic heterocycles. The molecule has 0 unspecified atom stereocenters. The first-order chi connectivity index (χ1) is 8.75. The van der Waals surface area contributed by atoms with Crippen LogP contribution >= 0.6 is 0 Å². The first-order valence-corrected chi connectivity index (χ1v) is 5.83. The molecule has 2 heterocycles. The van der Waals surface area contributed by atoms with Crippen LogP contribution in [0.15, 0.2) is 18.3 Å². The summed E-state index contributed by atoms with van der Waals surface area (Å²) in [5.41, 5.74) is 0.512. The van der Waals surface area contributed by atoms with Crippen molar-refractivity contribution in [1.82, 2.24) is 10.3 Å². The second kappa shape index (κ2) is 6.03. The Labute approximate surface area is 105 Å². The van der Waals surface area contributed by atoms with E-state index in [2.05, 4.69) is 22.1 Å². The molecule has 0 aliphatic carbocycles. The first kappa shape index (κ1) is 12.4. The molecule has 5 heteroatoms. The van der Waals surface area contributed by atoms with E-state index in [0.29, 0.717) is 11.4 Å². The Hall–Kier alpha value is -2.06. The van der Waals surface area contributed by atoms with Gasteiger partial charge in [0.25, 0.3) is 0 Å². The van der Waals surface area contributed by atoms with Gasteiger partial charge >= 0.3 is 5.97 Å². The smallest absolute Gasteiger partial charge is 0.382 e. The van der Waals surface area contributed by atoms with Crippen molar-refractivity contribution in [3.8, 4) is 17.7 Å². The van der Waals surface area contributed by atoms with Gasteiger partial charge in [-0.3, -0.25) is 0 Å². The maximum Gasteiger partial charge on any atom is 0.382 e. The molecule has 1 aromatic rings. The van der Waals surface area contributed by atoms with Crippen LogP contribution in [-0.2, 0) is 4.79 Å². The van der Waals surface area contributed by atoms with Crippen molar-refractivity contribution in [1.29, 1.82) is 0 Å². The molecule has 0 aromatic carbocycles. The van der Waals surface area contributed by atoms with Crippen LogP contribution in [0.2, 0.25) is 0 Å². The van der Waals surface area contributed by atoms with Crippen LogP contribution in [0.5, 0.6) is 5.88 Å². The molecule has 0 atom stereocenters. The van der Waals surface area contributed by atoms with E-state index in [1.54, 1.807) is 18.3 Å². The number of aromatic nitrogens is 1. The van der Waals surface area contributed by atoms with Crippen LogP contribution in [0.3, 0.4) is 0 Å². The lowest BCUT2D eigenvalue weighted by Gasteiger charge is -2.23. The van der Waals surface area contributed by atoms with E-state index < -0.39 is 5.97 Å². The number of pyridine rings is 1. The largest absolute Gasteiger partial charge is 0.473 e. The minimum atomic E-state index is -1.16. The third kappa shape index (κ3) is 3.47. The summed E-state index contributed by atoms with van der Waals surface area (Å²) in [6.07, 6.45) is 3.57. The molecule has 0 spiro atoms. The predicted molar refractivity (Wildman–Crippen MR) is 65.3 cm³/mol. The summed E-state index contributed by atoms with van der Waals surface area (Å²) in [6, 6.07) is 3.42.